The fourth-order valence-corrected chi connectivity index (χ4v) is 2.98. The Morgan fingerprint density at radius 1 is 1.11 bits per heavy atom. The highest BCUT2D eigenvalue weighted by molar-refractivity contribution is 7.89. The van der Waals surface area contributed by atoms with Gasteiger partial charge in [0.15, 0.2) is 0 Å². The van der Waals surface area contributed by atoms with E-state index >= 15 is 0 Å². The number of amides is 1. The Hall–Kier alpha value is -1.40. The third-order valence-electron chi connectivity index (χ3n) is 3.27. The summed E-state index contributed by atoms with van der Waals surface area (Å²) < 4.78 is 25.0. The maximum Gasteiger partial charge on any atom is 0.253 e. The van der Waals surface area contributed by atoms with Crippen LogP contribution in [0.3, 0.4) is 0 Å². The van der Waals surface area contributed by atoms with Gasteiger partial charge in [0.1, 0.15) is 0 Å². The summed E-state index contributed by atoms with van der Waals surface area (Å²) in [5, 5.41) is 0. The first kappa shape index (κ1) is 14.0. The van der Waals surface area contributed by atoms with Gasteiger partial charge in [-0.3, -0.25) is 4.79 Å². The van der Waals surface area contributed by atoms with Crippen LogP contribution in [0, 0.1) is 0 Å². The molecule has 0 N–H and O–H groups in total. The molecule has 1 aliphatic rings. The van der Waals surface area contributed by atoms with Gasteiger partial charge in [0.25, 0.3) is 5.91 Å². The van der Waals surface area contributed by atoms with Crippen molar-refractivity contribution in [3.63, 3.8) is 0 Å². The highest BCUT2D eigenvalue weighted by Gasteiger charge is 2.21. The minimum Gasteiger partial charge on any atom is -0.339 e. The summed E-state index contributed by atoms with van der Waals surface area (Å²) in [4.78, 5) is 14.1. The topological polar surface area (TPSA) is 57.7 Å². The fourth-order valence-electron chi connectivity index (χ4n) is 2.08. The molecule has 0 atom stereocenters. The Balaban J connectivity index is 2.21. The van der Waals surface area contributed by atoms with Gasteiger partial charge in [-0.1, -0.05) is 0 Å². The van der Waals surface area contributed by atoms with Gasteiger partial charge in [0, 0.05) is 32.7 Å². The maximum atomic E-state index is 12.1. The summed E-state index contributed by atoms with van der Waals surface area (Å²) in [7, 11) is -0.460. The molecule has 19 heavy (non-hydrogen) atoms. The second kappa shape index (κ2) is 5.30. The van der Waals surface area contributed by atoms with E-state index in [4.69, 9.17) is 0 Å². The Labute approximate surface area is 113 Å². The number of rotatable bonds is 3. The minimum absolute atomic E-state index is 0.0219. The molecular weight excluding hydrogens is 264 g/mol. The molecule has 0 bridgehead atoms. The average Bonchev–Trinajstić information content (AvgIpc) is 2.91. The van der Waals surface area contributed by atoms with Gasteiger partial charge in [-0.15, -0.1) is 0 Å². The van der Waals surface area contributed by atoms with Crippen LogP contribution in [-0.2, 0) is 10.0 Å². The predicted molar refractivity (Wildman–Crippen MR) is 72.5 cm³/mol. The molecule has 6 heteroatoms. The molecule has 5 nitrogen and oxygen atoms in total. The van der Waals surface area contributed by atoms with Crippen molar-refractivity contribution < 1.29 is 13.2 Å². The molecule has 0 aliphatic carbocycles. The summed E-state index contributed by atoms with van der Waals surface area (Å²) >= 11 is 0. The first-order valence-corrected chi connectivity index (χ1v) is 7.69. The van der Waals surface area contributed by atoms with Gasteiger partial charge in [0.05, 0.1) is 4.90 Å². The average molecular weight is 282 g/mol. The molecule has 1 amide bonds. The first-order chi connectivity index (χ1) is 8.93. The molecule has 1 heterocycles. The summed E-state index contributed by atoms with van der Waals surface area (Å²) in [6, 6.07) is 6.13. The van der Waals surface area contributed by atoms with Crippen LogP contribution in [0.15, 0.2) is 29.2 Å². The van der Waals surface area contributed by atoms with Crippen LogP contribution >= 0.6 is 0 Å². The molecule has 0 radical (unpaired) electrons. The molecule has 1 fully saturated rings. The van der Waals surface area contributed by atoms with Gasteiger partial charge in [0.2, 0.25) is 10.0 Å². The van der Waals surface area contributed by atoms with Crippen LogP contribution in [0.1, 0.15) is 23.2 Å². The Morgan fingerprint density at radius 3 is 2.11 bits per heavy atom. The largest absolute Gasteiger partial charge is 0.339 e. The van der Waals surface area contributed by atoms with Crippen molar-refractivity contribution in [3.8, 4) is 0 Å². The Bertz CT molecular complexity index is 558. The van der Waals surface area contributed by atoms with Crippen LogP contribution in [-0.4, -0.2) is 50.7 Å². The van der Waals surface area contributed by atoms with Gasteiger partial charge in [-0.25, -0.2) is 12.7 Å². The Kier molecular flexibility index (Phi) is 3.91. The molecule has 1 aromatic rings. The number of hydrogen-bond donors (Lipinski definition) is 0. The lowest BCUT2D eigenvalue weighted by Gasteiger charge is -2.16. The quantitative estimate of drug-likeness (QED) is 0.836. The number of carbonyl (C=O) groups excluding carboxylic acids is 1. The zero-order valence-corrected chi connectivity index (χ0v) is 12.0. The highest BCUT2D eigenvalue weighted by atomic mass is 32.2. The normalized spacial score (nSPS) is 16.1. The van der Waals surface area contributed by atoms with Crippen LogP contribution in [0.2, 0.25) is 0 Å². The summed E-state index contributed by atoms with van der Waals surface area (Å²) in [6.45, 7) is 1.58. The van der Waals surface area contributed by atoms with Gasteiger partial charge in [-0.2, -0.15) is 0 Å². The van der Waals surface area contributed by atoms with E-state index in [2.05, 4.69) is 0 Å². The molecule has 1 aliphatic heterocycles. The molecule has 1 aromatic carbocycles. The van der Waals surface area contributed by atoms with Crippen molar-refractivity contribution in [2.45, 2.75) is 17.7 Å². The standard InChI is InChI=1S/C13H18N2O3S/c1-14(2)19(17,18)12-7-5-11(6-8-12)13(16)15-9-3-4-10-15/h5-8H,3-4,9-10H2,1-2H3. The van der Waals surface area contributed by atoms with E-state index in [1.54, 1.807) is 17.0 Å². The van der Waals surface area contributed by atoms with Gasteiger partial charge in [-0.05, 0) is 37.1 Å². The SMILES string of the molecule is CN(C)S(=O)(=O)c1ccc(C(=O)N2CCCC2)cc1. The van der Waals surface area contributed by atoms with E-state index in [0.717, 1.165) is 30.2 Å². The second-order valence-corrected chi connectivity index (χ2v) is 6.96. The number of carbonyl (C=O) groups is 1. The lowest BCUT2D eigenvalue weighted by molar-refractivity contribution is 0.0792. The van der Waals surface area contributed by atoms with Crippen molar-refractivity contribution >= 4 is 15.9 Å². The number of hydrogen-bond acceptors (Lipinski definition) is 3. The van der Waals surface area contributed by atoms with E-state index in [9.17, 15) is 13.2 Å². The number of benzene rings is 1. The summed E-state index contributed by atoms with van der Waals surface area (Å²) in [6.07, 6.45) is 2.08. The smallest absolute Gasteiger partial charge is 0.253 e. The van der Waals surface area contributed by atoms with Crippen molar-refractivity contribution in [2.24, 2.45) is 0 Å². The molecule has 0 spiro atoms. The van der Waals surface area contributed by atoms with Crippen molar-refractivity contribution in [3.05, 3.63) is 29.8 Å². The van der Waals surface area contributed by atoms with Crippen LogP contribution in [0.25, 0.3) is 0 Å². The van der Waals surface area contributed by atoms with Crippen LogP contribution in [0.5, 0.6) is 0 Å². The van der Waals surface area contributed by atoms with Crippen molar-refractivity contribution in [2.75, 3.05) is 27.2 Å². The van der Waals surface area contributed by atoms with Crippen LogP contribution < -0.4 is 0 Å². The molecule has 0 aromatic heterocycles. The van der Waals surface area contributed by atoms with Crippen LogP contribution in [0.4, 0.5) is 0 Å². The second-order valence-electron chi connectivity index (χ2n) is 4.81. The lowest BCUT2D eigenvalue weighted by Crippen LogP contribution is -2.27. The monoisotopic (exact) mass is 282 g/mol. The van der Waals surface area contributed by atoms with E-state index in [1.807, 2.05) is 0 Å². The highest BCUT2D eigenvalue weighted by Crippen LogP contribution is 2.17. The molecule has 0 saturated carbocycles. The van der Waals surface area contributed by atoms with Crippen molar-refractivity contribution in [1.82, 2.24) is 9.21 Å². The number of likely N-dealkylation sites (tertiary alicyclic amines) is 1. The summed E-state index contributed by atoms with van der Waals surface area (Å²) in [5.74, 6) is -0.0219. The number of nitrogens with zero attached hydrogens (tertiary/aromatic N) is 2. The van der Waals surface area contributed by atoms with E-state index in [0.29, 0.717) is 5.56 Å². The summed E-state index contributed by atoms with van der Waals surface area (Å²) in [5.41, 5.74) is 0.541. The van der Waals surface area contributed by atoms with Gasteiger partial charge >= 0.3 is 0 Å². The first-order valence-electron chi connectivity index (χ1n) is 6.25. The van der Waals surface area contributed by atoms with E-state index < -0.39 is 10.0 Å². The minimum atomic E-state index is -3.43. The van der Waals surface area contributed by atoms with E-state index in [1.165, 1.54) is 26.2 Å². The number of sulfonamides is 1. The molecule has 0 unspecified atom stereocenters. The lowest BCUT2D eigenvalue weighted by atomic mass is 10.2. The molecule has 1 saturated heterocycles. The van der Waals surface area contributed by atoms with Crippen molar-refractivity contribution in [1.29, 1.82) is 0 Å². The fraction of sp³-hybridized carbons (Fsp3) is 0.462. The molecular formula is C13H18N2O3S. The third-order valence-corrected chi connectivity index (χ3v) is 5.10. The zero-order valence-electron chi connectivity index (χ0n) is 11.2. The third kappa shape index (κ3) is 2.79. The zero-order chi connectivity index (χ0) is 14.0. The maximum absolute atomic E-state index is 12.1. The van der Waals surface area contributed by atoms with E-state index in [-0.39, 0.29) is 10.8 Å². The van der Waals surface area contributed by atoms with Gasteiger partial charge < -0.3 is 4.90 Å². The molecule has 104 valence electrons. The molecule has 2 rings (SSSR count). The Morgan fingerprint density at radius 2 is 1.63 bits per heavy atom. The predicted octanol–water partition coefficient (Wildman–Crippen LogP) is 1.17.